The number of hydrogen-bond donors (Lipinski definition) is 2. The Balaban J connectivity index is 2.97. The molecule has 0 aromatic heterocycles. The molecule has 0 aliphatic rings. The van der Waals surface area contributed by atoms with Crippen LogP contribution in [-0.2, 0) is 4.79 Å². The van der Waals surface area contributed by atoms with Gasteiger partial charge in [-0.05, 0) is 17.5 Å². The lowest BCUT2D eigenvalue weighted by molar-refractivity contribution is -0.142. The second-order valence-corrected chi connectivity index (χ2v) is 5.27. The molecule has 1 aromatic rings. The van der Waals surface area contributed by atoms with Crippen LogP contribution in [0.1, 0.15) is 31.1 Å². The Bertz CT molecular complexity index is 489. The smallest absolute Gasteiger partial charge is 0.326 e. The van der Waals surface area contributed by atoms with Crippen molar-refractivity contribution in [2.45, 2.75) is 26.8 Å². The maximum Gasteiger partial charge on any atom is 0.326 e. The standard InChI is InChI=1S/C13H15F2NO3/c1-13(2,3)10(12(18)19)16-11(17)7-4-8(14)6-9(15)5-7/h4-6,10H,1-3H3,(H,16,17)(H,18,19)/t10-/m1/s1. The highest BCUT2D eigenvalue weighted by atomic mass is 19.1. The number of carboxylic acid groups (broad SMARTS) is 1. The molecule has 0 unspecified atom stereocenters. The van der Waals surface area contributed by atoms with E-state index in [1.807, 2.05) is 0 Å². The molecule has 1 amide bonds. The van der Waals surface area contributed by atoms with Crippen LogP contribution < -0.4 is 5.32 Å². The Hall–Kier alpha value is -1.98. The summed E-state index contributed by atoms with van der Waals surface area (Å²) in [5, 5.41) is 11.3. The molecular formula is C13H15F2NO3. The van der Waals surface area contributed by atoms with Crippen molar-refractivity contribution in [1.29, 1.82) is 0 Å². The number of carbonyl (C=O) groups is 2. The van der Waals surface area contributed by atoms with E-state index in [-0.39, 0.29) is 5.56 Å². The fourth-order valence-electron chi connectivity index (χ4n) is 1.55. The number of amides is 1. The van der Waals surface area contributed by atoms with Crippen molar-refractivity contribution in [3.63, 3.8) is 0 Å². The minimum Gasteiger partial charge on any atom is -0.480 e. The number of carbonyl (C=O) groups excluding carboxylic acids is 1. The third kappa shape index (κ3) is 4.01. The fourth-order valence-corrected chi connectivity index (χ4v) is 1.55. The molecule has 6 heteroatoms. The molecular weight excluding hydrogens is 256 g/mol. The van der Waals surface area contributed by atoms with Crippen molar-refractivity contribution < 1.29 is 23.5 Å². The summed E-state index contributed by atoms with van der Waals surface area (Å²) < 4.78 is 26.0. The first-order valence-electron chi connectivity index (χ1n) is 5.61. The third-order valence-corrected chi connectivity index (χ3v) is 2.51. The van der Waals surface area contributed by atoms with Crippen molar-refractivity contribution in [1.82, 2.24) is 5.32 Å². The summed E-state index contributed by atoms with van der Waals surface area (Å²) >= 11 is 0. The normalized spacial score (nSPS) is 12.9. The fraction of sp³-hybridized carbons (Fsp3) is 0.385. The average Bonchev–Trinajstić information content (AvgIpc) is 2.21. The van der Waals surface area contributed by atoms with E-state index in [0.29, 0.717) is 6.07 Å². The zero-order valence-electron chi connectivity index (χ0n) is 10.8. The summed E-state index contributed by atoms with van der Waals surface area (Å²) in [6.45, 7) is 4.91. The van der Waals surface area contributed by atoms with Crippen LogP contribution >= 0.6 is 0 Å². The Morgan fingerprint density at radius 3 is 2.00 bits per heavy atom. The topological polar surface area (TPSA) is 66.4 Å². The SMILES string of the molecule is CC(C)(C)[C@H](NC(=O)c1cc(F)cc(F)c1)C(=O)O. The number of hydrogen-bond acceptors (Lipinski definition) is 2. The second-order valence-electron chi connectivity index (χ2n) is 5.27. The largest absolute Gasteiger partial charge is 0.480 e. The average molecular weight is 271 g/mol. The van der Waals surface area contributed by atoms with Crippen LogP contribution in [0.5, 0.6) is 0 Å². The highest BCUT2D eigenvalue weighted by Gasteiger charge is 2.32. The maximum absolute atomic E-state index is 13.0. The van der Waals surface area contributed by atoms with Crippen molar-refractivity contribution in [3.05, 3.63) is 35.4 Å². The number of nitrogens with one attached hydrogen (secondary N) is 1. The molecule has 2 N–H and O–H groups in total. The van der Waals surface area contributed by atoms with Gasteiger partial charge in [-0.25, -0.2) is 13.6 Å². The quantitative estimate of drug-likeness (QED) is 0.885. The second kappa shape index (κ2) is 5.34. The Morgan fingerprint density at radius 1 is 1.16 bits per heavy atom. The molecule has 0 aliphatic carbocycles. The molecule has 0 heterocycles. The molecule has 0 saturated carbocycles. The van der Waals surface area contributed by atoms with E-state index in [1.165, 1.54) is 0 Å². The third-order valence-electron chi connectivity index (χ3n) is 2.51. The molecule has 104 valence electrons. The van der Waals surface area contributed by atoms with Crippen molar-refractivity contribution in [3.8, 4) is 0 Å². The minimum atomic E-state index is -1.21. The van der Waals surface area contributed by atoms with Crippen molar-refractivity contribution >= 4 is 11.9 Å². The molecule has 0 bridgehead atoms. The highest BCUT2D eigenvalue weighted by Crippen LogP contribution is 2.20. The molecule has 1 aromatic carbocycles. The van der Waals surface area contributed by atoms with Crippen LogP contribution in [0.25, 0.3) is 0 Å². The zero-order chi connectivity index (χ0) is 14.8. The van der Waals surface area contributed by atoms with Crippen LogP contribution in [0.15, 0.2) is 18.2 Å². The number of rotatable bonds is 3. The summed E-state index contributed by atoms with van der Waals surface area (Å²) in [6.07, 6.45) is 0. The van der Waals surface area contributed by atoms with E-state index >= 15 is 0 Å². The summed E-state index contributed by atoms with van der Waals surface area (Å²) in [4.78, 5) is 22.9. The Morgan fingerprint density at radius 2 is 1.63 bits per heavy atom. The molecule has 0 radical (unpaired) electrons. The lowest BCUT2D eigenvalue weighted by Gasteiger charge is -2.27. The molecule has 1 rings (SSSR count). The monoisotopic (exact) mass is 271 g/mol. The predicted molar refractivity (Wildman–Crippen MR) is 64.7 cm³/mol. The van der Waals surface area contributed by atoms with Gasteiger partial charge in [0.05, 0.1) is 0 Å². The van der Waals surface area contributed by atoms with Gasteiger partial charge in [-0.3, -0.25) is 4.79 Å². The van der Waals surface area contributed by atoms with Gasteiger partial charge < -0.3 is 10.4 Å². The maximum atomic E-state index is 13.0. The zero-order valence-corrected chi connectivity index (χ0v) is 10.8. The van der Waals surface area contributed by atoms with Gasteiger partial charge in [-0.15, -0.1) is 0 Å². The molecule has 0 aliphatic heterocycles. The molecule has 4 nitrogen and oxygen atoms in total. The van der Waals surface area contributed by atoms with Crippen LogP contribution in [0, 0.1) is 17.0 Å². The van der Waals surface area contributed by atoms with Gasteiger partial charge in [0, 0.05) is 11.6 Å². The van der Waals surface area contributed by atoms with Crippen LogP contribution in [0.4, 0.5) is 8.78 Å². The molecule has 0 fully saturated rings. The van der Waals surface area contributed by atoms with Crippen LogP contribution in [0.3, 0.4) is 0 Å². The first-order valence-corrected chi connectivity index (χ1v) is 5.61. The summed E-state index contributed by atoms with van der Waals surface area (Å²) in [5.41, 5.74) is -0.985. The first kappa shape index (κ1) is 15.1. The van der Waals surface area contributed by atoms with Gasteiger partial charge in [0.1, 0.15) is 17.7 Å². The predicted octanol–water partition coefficient (Wildman–Crippen LogP) is 2.19. The summed E-state index contributed by atoms with van der Waals surface area (Å²) in [6, 6.07) is 1.17. The van der Waals surface area contributed by atoms with E-state index < -0.39 is 35.0 Å². The van der Waals surface area contributed by atoms with Crippen LogP contribution in [0.2, 0.25) is 0 Å². The molecule has 0 spiro atoms. The first-order chi connectivity index (χ1) is 8.61. The summed E-state index contributed by atoms with van der Waals surface area (Å²) in [7, 11) is 0. The van der Waals surface area contributed by atoms with E-state index in [1.54, 1.807) is 20.8 Å². The lowest BCUT2D eigenvalue weighted by atomic mass is 9.86. The van der Waals surface area contributed by atoms with Crippen molar-refractivity contribution in [2.75, 3.05) is 0 Å². The van der Waals surface area contributed by atoms with Gasteiger partial charge in [-0.1, -0.05) is 20.8 Å². The van der Waals surface area contributed by atoms with E-state index in [0.717, 1.165) is 12.1 Å². The number of halogens is 2. The Kier molecular flexibility index (Phi) is 4.24. The van der Waals surface area contributed by atoms with Gasteiger partial charge >= 0.3 is 5.97 Å². The number of benzene rings is 1. The Labute approximate surface area is 109 Å². The lowest BCUT2D eigenvalue weighted by Crippen LogP contribution is -2.49. The van der Waals surface area contributed by atoms with Gasteiger partial charge in [-0.2, -0.15) is 0 Å². The molecule has 19 heavy (non-hydrogen) atoms. The number of carboxylic acids is 1. The molecule has 1 atom stereocenters. The number of aliphatic carboxylic acids is 1. The van der Waals surface area contributed by atoms with Gasteiger partial charge in [0.25, 0.3) is 5.91 Å². The van der Waals surface area contributed by atoms with E-state index in [4.69, 9.17) is 5.11 Å². The highest BCUT2D eigenvalue weighted by molar-refractivity contribution is 5.96. The van der Waals surface area contributed by atoms with E-state index in [9.17, 15) is 18.4 Å². The van der Waals surface area contributed by atoms with Gasteiger partial charge in [0.15, 0.2) is 0 Å². The van der Waals surface area contributed by atoms with Crippen LogP contribution in [-0.4, -0.2) is 23.0 Å². The van der Waals surface area contributed by atoms with Crippen molar-refractivity contribution in [2.24, 2.45) is 5.41 Å². The summed E-state index contributed by atoms with van der Waals surface area (Å²) in [5.74, 6) is -3.83. The molecule has 0 saturated heterocycles. The van der Waals surface area contributed by atoms with Gasteiger partial charge in [0.2, 0.25) is 0 Å². The minimum absolute atomic E-state index is 0.256. The van der Waals surface area contributed by atoms with E-state index in [2.05, 4.69) is 5.32 Å².